The molecular weight excluding hydrogens is 312 g/mol. The van der Waals surface area contributed by atoms with Crippen molar-refractivity contribution in [2.75, 3.05) is 46.5 Å². The van der Waals surface area contributed by atoms with Gasteiger partial charge in [-0.15, -0.1) is 6.58 Å². The lowest BCUT2D eigenvalue weighted by Gasteiger charge is -2.23. The Kier molecular flexibility index (Phi) is 8.62. The molecule has 1 fully saturated rings. The van der Waals surface area contributed by atoms with Crippen molar-refractivity contribution in [1.29, 1.82) is 0 Å². The van der Waals surface area contributed by atoms with Crippen molar-refractivity contribution in [3.63, 3.8) is 0 Å². The molecule has 0 radical (unpaired) electrons. The SMILES string of the molecule is C=CCCCCCN(C)C(=NC)NCC1CCN(S(C)(=O)=O)C1. The Labute approximate surface area is 141 Å². The summed E-state index contributed by atoms with van der Waals surface area (Å²) in [5, 5.41) is 3.37. The molecule has 23 heavy (non-hydrogen) atoms. The predicted molar refractivity (Wildman–Crippen MR) is 97.2 cm³/mol. The fourth-order valence-electron chi connectivity index (χ4n) is 2.81. The first kappa shape index (κ1) is 20.0. The Morgan fingerprint density at radius 2 is 2.17 bits per heavy atom. The van der Waals surface area contributed by atoms with Gasteiger partial charge in [-0.1, -0.05) is 12.5 Å². The average molecular weight is 345 g/mol. The topological polar surface area (TPSA) is 65.0 Å². The van der Waals surface area contributed by atoms with Crippen LogP contribution in [0.2, 0.25) is 0 Å². The third-order valence-corrected chi connectivity index (χ3v) is 5.51. The number of nitrogens with one attached hydrogen (secondary N) is 1. The summed E-state index contributed by atoms with van der Waals surface area (Å²) in [6.07, 6.45) is 8.74. The molecule has 0 bridgehead atoms. The zero-order valence-electron chi connectivity index (χ0n) is 14.8. The highest BCUT2D eigenvalue weighted by Gasteiger charge is 2.28. The van der Waals surface area contributed by atoms with Crippen LogP contribution in [0, 0.1) is 5.92 Å². The van der Waals surface area contributed by atoms with Crippen LogP contribution in [0.1, 0.15) is 32.1 Å². The van der Waals surface area contributed by atoms with Gasteiger partial charge in [0.25, 0.3) is 0 Å². The highest BCUT2D eigenvalue weighted by molar-refractivity contribution is 7.88. The number of rotatable bonds is 9. The maximum atomic E-state index is 11.5. The van der Waals surface area contributed by atoms with Crippen LogP contribution in [0.3, 0.4) is 0 Å². The molecule has 1 aliphatic rings. The van der Waals surface area contributed by atoms with Crippen molar-refractivity contribution in [2.45, 2.75) is 32.1 Å². The van der Waals surface area contributed by atoms with E-state index in [4.69, 9.17) is 0 Å². The number of aliphatic imine (C=N–C) groups is 1. The van der Waals surface area contributed by atoms with Gasteiger partial charge >= 0.3 is 0 Å². The van der Waals surface area contributed by atoms with Crippen molar-refractivity contribution in [3.05, 3.63) is 12.7 Å². The summed E-state index contributed by atoms with van der Waals surface area (Å²) in [7, 11) is 0.770. The van der Waals surface area contributed by atoms with Gasteiger partial charge < -0.3 is 10.2 Å². The Hall–Kier alpha value is -1.08. The molecule has 0 spiro atoms. The van der Waals surface area contributed by atoms with Gasteiger partial charge in [0.1, 0.15) is 0 Å². The minimum atomic E-state index is -3.06. The van der Waals surface area contributed by atoms with Gasteiger partial charge in [-0.3, -0.25) is 4.99 Å². The van der Waals surface area contributed by atoms with E-state index in [0.29, 0.717) is 19.0 Å². The monoisotopic (exact) mass is 344 g/mol. The zero-order valence-corrected chi connectivity index (χ0v) is 15.6. The Morgan fingerprint density at radius 3 is 2.74 bits per heavy atom. The van der Waals surface area contributed by atoms with Gasteiger partial charge in [-0.2, -0.15) is 0 Å². The number of nitrogens with zero attached hydrogens (tertiary/aromatic N) is 3. The smallest absolute Gasteiger partial charge is 0.211 e. The van der Waals surface area contributed by atoms with E-state index in [1.807, 2.05) is 13.1 Å². The molecule has 7 heteroatoms. The van der Waals surface area contributed by atoms with Crippen molar-refractivity contribution >= 4 is 16.0 Å². The first-order valence-electron chi connectivity index (χ1n) is 8.36. The Bertz CT molecular complexity index is 490. The van der Waals surface area contributed by atoms with Crippen molar-refractivity contribution in [3.8, 4) is 0 Å². The molecule has 0 saturated carbocycles. The van der Waals surface area contributed by atoms with E-state index < -0.39 is 10.0 Å². The molecule has 1 heterocycles. The molecule has 1 unspecified atom stereocenters. The number of hydrogen-bond donors (Lipinski definition) is 1. The van der Waals surface area contributed by atoms with Crippen LogP contribution in [-0.4, -0.2) is 70.1 Å². The van der Waals surface area contributed by atoms with Gasteiger partial charge in [-0.25, -0.2) is 12.7 Å². The molecule has 1 N–H and O–H groups in total. The molecule has 0 aromatic rings. The summed E-state index contributed by atoms with van der Waals surface area (Å²) in [6.45, 7) is 6.70. The maximum absolute atomic E-state index is 11.5. The summed E-state index contributed by atoms with van der Waals surface area (Å²) in [6, 6.07) is 0. The predicted octanol–water partition coefficient (Wildman–Crippen LogP) is 1.52. The number of allylic oxidation sites excluding steroid dienone is 1. The summed E-state index contributed by atoms with van der Waals surface area (Å²) in [5.74, 6) is 1.23. The molecule has 0 aromatic heterocycles. The van der Waals surface area contributed by atoms with E-state index in [-0.39, 0.29) is 0 Å². The number of hydrogen-bond acceptors (Lipinski definition) is 3. The van der Waals surface area contributed by atoms with Crippen molar-refractivity contribution in [2.24, 2.45) is 10.9 Å². The van der Waals surface area contributed by atoms with Gasteiger partial charge in [0.15, 0.2) is 5.96 Å². The molecule has 0 aromatic carbocycles. The molecule has 1 atom stereocenters. The van der Waals surface area contributed by atoms with E-state index in [1.54, 1.807) is 11.4 Å². The first-order valence-corrected chi connectivity index (χ1v) is 10.2. The van der Waals surface area contributed by atoms with Gasteiger partial charge in [0.2, 0.25) is 10.0 Å². The molecule has 0 aliphatic carbocycles. The molecule has 1 rings (SSSR count). The molecule has 1 aliphatic heterocycles. The summed E-state index contributed by atoms with van der Waals surface area (Å²) >= 11 is 0. The van der Waals surface area contributed by atoms with E-state index in [0.717, 1.165) is 38.3 Å². The van der Waals surface area contributed by atoms with E-state index in [1.165, 1.54) is 19.1 Å². The van der Waals surface area contributed by atoms with E-state index >= 15 is 0 Å². The van der Waals surface area contributed by atoms with Crippen LogP contribution >= 0.6 is 0 Å². The van der Waals surface area contributed by atoms with Crippen LogP contribution in [-0.2, 0) is 10.0 Å². The standard InChI is InChI=1S/C16H32N4O2S/c1-5-6-7-8-9-11-19(3)16(17-2)18-13-15-10-12-20(14-15)23(4,21)22/h5,15H,1,6-14H2,2-4H3,(H,17,18). The lowest BCUT2D eigenvalue weighted by Crippen LogP contribution is -2.42. The second-order valence-corrected chi connectivity index (χ2v) is 8.25. The molecule has 134 valence electrons. The fraction of sp³-hybridized carbons (Fsp3) is 0.812. The van der Waals surface area contributed by atoms with E-state index in [9.17, 15) is 8.42 Å². The second-order valence-electron chi connectivity index (χ2n) is 6.26. The summed E-state index contributed by atoms with van der Waals surface area (Å²) < 4.78 is 24.6. The number of guanidine groups is 1. The van der Waals surface area contributed by atoms with E-state index in [2.05, 4.69) is 21.8 Å². The van der Waals surface area contributed by atoms with Crippen LogP contribution in [0.15, 0.2) is 17.6 Å². The van der Waals surface area contributed by atoms with Crippen LogP contribution < -0.4 is 5.32 Å². The minimum absolute atomic E-state index is 0.350. The molecule has 1 saturated heterocycles. The summed E-state index contributed by atoms with van der Waals surface area (Å²) in [5.41, 5.74) is 0. The van der Waals surface area contributed by atoms with Crippen LogP contribution in [0.4, 0.5) is 0 Å². The third-order valence-electron chi connectivity index (χ3n) is 4.24. The Morgan fingerprint density at radius 1 is 1.43 bits per heavy atom. The molecule has 6 nitrogen and oxygen atoms in total. The average Bonchev–Trinajstić information content (AvgIpc) is 2.96. The largest absolute Gasteiger partial charge is 0.356 e. The minimum Gasteiger partial charge on any atom is -0.356 e. The second kappa shape index (κ2) is 9.93. The van der Waals surface area contributed by atoms with Gasteiger partial charge in [0.05, 0.1) is 6.26 Å². The lowest BCUT2D eigenvalue weighted by atomic mass is 10.1. The zero-order chi connectivity index (χ0) is 17.3. The fourth-order valence-corrected chi connectivity index (χ4v) is 3.72. The highest BCUT2D eigenvalue weighted by atomic mass is 32.2. The lowest BCUT2D eigenvalue weighted by molar-refractivity contribution is 0.435. The van der Waals surface area contributed by atoms with Gasteiger partial charge in [-0.05, 0) is 31.6 Å². The summed E-state index contributed by atoms with van der Waals surface area (Å²) in [4.78, 5) is 6.45. The molecule has 0 amide bonds. The number of unbranched alkanes of at least 4 members (excludes halogenated alkanes) is 3. The van der Waals surface area contributed by atoms with Gasteiger partial charge in [0, 0.05) is 40.3 Å². The maximum Gasteiger partial charge on any atom is 0.211 e. The number of sulfonamides is 1. The highest BCUT2D eigenvalue weighted by Crippen LogP contribution is 2.17. The van der Waals surface area contributed by atoms with Crippen LogP contribution in [0.5, 0.6) is 0 Å². The first-order chi connectivity index (χ1) is 10.9. The molecular formula is C16H32N4O2S. The van der Waals surface area contributed by atoms with Crippen LogP contribution in [0.25, 0.3) is 0 Å². The quantitative estimate of drug-likeness (QED) is 0.298. The Balaban J connectivity index is 2.30. The third kappa shape index (κ3) is 7.35. The normalized spacial score (nSPS) is 19.8. The van der Waals surface area contributed by atoms with Crippen molar-refractivity contribution in [1.82, 2.24) is 14.5 Å². The van der Waals surface area contributed by atoms with Crippen molar-refractivity contribution < 1.29 is 8.42 Å².